The number of H-pyrrole nitrogens is 1. The number of aromatic amines is 1. The molecule has 1 saturated heterocycles. The third kappa shape index (κ3) is 3.88. The maximum absolute atomic E-state index is 14.1. The van der Waals surface area contributed by atoms with Crippen LogP contribution in [0.1, 0.15) is 67.0 Å². The number of nitrogens with zero attached hydrogens (tertiary/aromatic N) is 5. The second kappa shape index (κ2) is 9.15. The molecule has 3 aromatic rings. The van der Waals surface area contributed by atoms with E-state index in [9.17, 15) is 4.79 Å². The maximum atomic E-state index is 14.1. The summed E-state index contributed by atoms with van der Waals surface area (Å²) in [5, 5.41) is 7.61. The summed E-state index contributed by atoms with van der Waals surface area (Å²) in [4.78, 5) is 24.8. The number of methoxy groups -OCH3 is 1. The molecule has 0 unspecified atom stereocenters. The highest BCUT2D eigenvalue weighted by Gasteiger charge is 2.42. The molecule has 0 spiro atoms. The molecule has 1 atom stereocenters. The number of nitrogens with one attached hydrogen (secondary N) is 1. The normalized spacial score (nSPS) is 20.6. The molecular weight excluding hydrogens is 452 g/mol. The van der Waals surface area contributed by atoms with Gasteiger partial charge in [0.1, 0.15) is 11.4 Å². The Hall–Kier alpha value is -3.55. The Balaban J connectivity index is 1.25. The van der Waals surface area contributed by atoms with Crippen molar-refractivity contribution in [3.63, 3.8) is 0 Å². The van der Waals surface area contributed by atoms with E-state index in [1.165, 1.54) is 24.0 Å². The van der Waals surface area contributed by atoms with Crippen LogP contribution in [0.5, 0.6) is 5.88 Å². The van der Waals surface area contributed by atoms with Crippen LogP contribution in [0.4, 0.5) is 16.2 Å². The predicted molar refractivity (Wildman–Crippen MR) is 140 cm³/mol. The molecule has 8 nitrogen and oxygen atoms in total. The number of hydrogen-bond donors (Lipinski definition) is 1. The van der Waals surface area contributed by atoms with Crippen molar-refractivity contribution in [1.82, 2.24) is 20.1 Å². The van der Waals surface area contributed by atoms with Crippen LogP contribution in [-0.2, 0) is 6.54 Å². The van der Waals surface area contributed by atoms with Gasteiger partial charge in [0.05, 0.1) is 25.4 Å². The first-order valence-electron chi connectivity index (χ1n) is 13.0. The first-order valence-corrected chi connectivity index (χ1v) is 13.0. The lowest BCUT2D eigenvalue weighted by atomic mass is 9.97. The van der Waals surface area contributed by atoms with Crippen molar-refractivity contribution in [3.05, 3.63) is 65.1 Å². The van der Waals surface area contributed by atoms with Gasteiger partial charge in [-0.3, -0.25) is 10.00 Å². The number of hydrogen-bond acceptors (Lipinski definition) is 5. The molecule has 4 heterocycles. The SMILES string of the molecule is COc1nccc(C)c1N1CCC(N2C(=O)N(Cc3ccccc3C3CC3)c3c[nH]nc3[C@@H]2C)CC1. The fourth-order valence-corrected chi connectivity index (χ4v) is 6.05. The molecule has 1 N–H and O–H groups in total. The zero-order valence-corrected chi connectivity index (χ0v) is 21.3. The number of pyridine rings is 1. The molecule has 2 aromatic heterocycles. The van der Waals surface area contributed by atoms with Gasteiger partial charge in [0.25, 0.3) is 0 Å². The van der Waals surface area contributed by atoms with Crippen molar-refractivity contribution in [2.24, 2.45) is 0 Å². The van der Waals surface area contributed by atoms with E-state index in [0.29, 0.717) is 18.3 Å². The number of carbonyl (C=O) groups is 1. The van der Waals surface area contributed by atoms with E-state index in [2.05, 4.69) is 63.1 Å². The van der Waals surface area contributed by atoms with Crippen molar-refractivity contribution in [2.45, 2.75) is 64.1 Å². The van der Waals surface area contributed by atoms with E-state index in [1.807, 2.05) is 17.2 Å². The van der Waals surface area contributed by atoms with Crippen LogP contribution in [0, 0.1) is 6.92 Å². The lowest BCUT2D eigenvalue weighted by Crippen LogP contribution is -2.55. The van der Waals surface area contributed by atoms with E-state index in [0.717, 1.165) is 48.6 Å². The lowest BCUT2D eigenvalue weighted by molar-refractivity contribution is 0.134. The maximum Gasteiger partial charge on any atom is 0.325 e. The summed E-state index contributed by atoms with van der Waals surface area (Å²) in [5.41, 5.74) is 6.69. The van der Waals surface area contributed by atoms with Crippen molar-refractivity contribution in [2.75, 3.05) is 30.0 Å². The Morgan fingerprint density at radius 1 is 1.11 bits per heavy atom. The first-order chi connectivity index (χ1) is 17.6. The summed E-state index contributed by atoms with van der Waals surface area (Å²) >= 11 is 0. The molecule has 2 fully saturated rings. The molecule has 36 heavy (non-hydrogen) atoms. The molecular formula is C28H34N6O2. The Kier molecular flexibility index (Phi) is 5.82. The summed E-state index contributed by atoms with van der Waals surface area (Å²) in [6.45, 7) is 6.47. The smallest absolute Gasteiger partial charge is 0.325 e. The molecule has 1 aliphatic carbocycles. The minimum absolute atomic E-state index is 0.0695. The Bertz CT molecular complexity index is 1260. The number of carbonyl (C=O) groups excluding carboxylic acids is 1. The highest BCUT2D eigenvalue weighted by Crippen LogP contribution is 2.44. The zero-order valence-electron chi connectivity index (χ0n) is 21.3. The topological polar surface area (TPSA) is 77.6 Å². The lowest BCUT2D eigenvalue weighted by Gasteiger charge is -2.46. The molecule has 188 valence electrons. The van der Waals surface area contributed by atoms with E-state index in [1.54, 1.807) is 13.3 Å². The second-order valence-corrected chi connectivity index (χ2v) is 10.3. The van der Waals surface area contributed by atoms with Crippen LogP contribution < -0.4 is 14.5 Å². The molecule has 0 radical (unpaired) electrons. The van der Waals surface area contributed by atoms with Gasteiger partial charge in [0, 0.05) is 31.5 Å². The summed E-state index contributed by atoms with van der Waals surface area (Å²) in [5.74, 6) is 1.30. The van der Waals surface area contributed by atoms with Crippen molar-refractivity contribution in [1.29, 1.82) is 0 Å². The minimum Gasteiger partial charge on any atom is -0.480 e. The second-order valence-electron chi connectivity index (χ2n) is 10.3. The fourth-order valence-electron chi connectivity index (χ4n) is 6.05. The molecule has 3 aliphatic rings. The van der Waals surface area contributed by atoms with E-state index in [4.69, 9.17) is 4.74 Å². The average Bonchev–Trinajstić information content (AvgIpc) is 3.63. The number of fused-ring (bicyclic) bond motifs is 1. The van der Waals surface area contributed by atoms with Crippen LogP contribution in [0.3, 0.4) is 0 Å². The summed E-state index contributed by atoms with van der Waals surface area (Å²) < 4.78 is 5.55. The number of amides is 2. The van der Waals surface area contributed by atoms with Crippen LogP contribution in [0.2, 0.25) is 0 Å². The van der Waals surface area contributed by atoms with Crippen LogP contribution in [0.25, 0.3) is 0 Å². The molecule has 2 amide bonds. The van der Waals surface area contributed by atoms with Gasteiger partial charge in [0.15, 0.2) is 0 Å². The van der Waals surface area contributed by atoms with Crippen molar-refractivity contribution < 1.29 is 9.53 Å². The zero-order chi connectivity index (χ0) is 24.8. The third-order valence-corrected chi connectivity index (χ3v) is 8.06. The van der Waals surface area contributed by atoms with Gasteiger partial charge in [-0.15, -0.1) is 0 Å². The van der Waals surface area contributed by atoms with Gasteiger partial charge in [-0.1, -0.05) is 24.3 Å². The Labute approximate surface area is 212 Å². The van der Waals surface area contributed by atoms with E-state index in [-0.39, 0.29) is 18.1 Å². The van der Waals surface area contributed by atoms with Gasteiger partial charge in [-0.25, -0.2) is 9.78 Å². The standard InChI is InChI=1S/C28H34N6O2/c1-18-10-13-29-27(36-3)26(18)32-14-11-22(12-15-32)34-19(2)25-24(16-30-31-25)33(28(34)35)17-21-6-4-5-7-23(21)20-8-9-20/h4-7,10,13,16,19-20,22H,8-9,11-12,14-15,17H2,1-3H3,(H,30,31)/t19-/m0/s1. The van der Waals surface area contributed by atoms with Gasteiger partial charge < -0.3 is 14.5 Å². The van der Waals surface area contributed by atoms with Crippen LogP contribution >= 0.6 is 0 Å². The number of ether oxygens (including phenoxy) is 1. The molecule has 2 aliphatic heterocycles. The molecule has 1 saturated carbocycles. The number of aryl methyl sites for hydroxylation is 1. The van der Waals surface area contributed by atoms with Crippen molar-refractivity contribution in [3.8, 4) is 5.88 Å². The number of rotatable bonds is 6. The van der Waals surface area contributed by atoms with Crippen molar-refractivity contribution >= 4 is 17.4 Å². The molecule has 8 heteroatoms. The van der Waals surface area contributed by atoms with Gasteiger partial charge >= 0.3 is 6.03 Å². The minimum atomic E-state index is -0.0695. The number of aromatic nitrogens is 3. The summed E-state index contributed by atoms with van der Waals surface area (Å²) in [6.07, 6.45) is 7.92. The number of benzene rings is 1. The van der Waals surface area contributed by atoms with Crippen LogP contribution in [0.15, 0.2) is 42.7 Å². The fraction of sp³-hybridized carbons (Fsp3) is 0.464. The number of anilines is 2. The molecule has 0 bridgehead atoms. The monoisotopic (exact) mass is 486 g/mol. The third-order valence-electron chi connectivity index (χ3n) is 8.06. The quantitative estimate of drug-likeness (QED) is 0.520. The summed E-state index contributed by atoms with van der Waals surface area (Å²) in [7, 11) is 1.67. The number of piperidine rings is 1. The first kappa shape index (κ1) is 22.9. The predicted octanol–water partition coefficient (Wildman–Crippen LogP) is 5.17. The van der Waals surface area contributed by atoms with Gasteiger partial charge in [-0.05, 0) is 68.2 Å². The average molecular weight is 487 g/mol. The largest absolute Gasteiger partial charge is 0.480 e. The van der Waals surface area contributed by atoms with E-state index >= 15 is 0 Å². The van der Waals surface area contributed by atoms with Crippen LogP contribution in [-0.4, -0.2) is 52.4 Å². The van der Waals surface area contributed by atoms with Gasteiger partial charge in [0.2, 0.25) is 5.88 Å². The van der Waals surface area contributed by atoms with Gasteiger partial charge in [-0.2, -0.15) is 5.10 Å². The number of urea groups is 1. The Morgan fingerprint density at radius 3 is 2.64 bits per heavy atom. The summed E-state index contributed by atoms with van der Waals surface area (Å²) in [6, 6.07) is 10.8. The Morgan fingerprint density at radius 2 is 1.89 bits per heavy atom. The highest BCUT2D eigenvalue weighted by atomic mass is 16.5. The molecule has 6 rings (SSSR count). The highest BCUT2D eigenvalue weighted by molar-refractivity contribution is 5.95. The van der Waals surface area contributed by atoms with E-state index < -0.39 is 0 Å². The molecule has 1 aromatic carbocycles.